The van der Waals surface area contributed by atoms with E-state index in [0.29, 0.717) is 12.6 Å². The van der Waals surface area contributed by atoms with Crippen LogP contribution in [0.25, 0.3) is 0 Å². The molecule has 1 heterocycles. The van der Waals surface area contributed by atoms with Gasteiger partial charge in [-0.25, -0.2) is 0 Å². The Bertz CT molecular complexity index is 753. The van der Waals surface area contributed by atoms with E-state index in [1.54, 1.807) is 0 Å². The fourth-order valence-corrected chi connectivity index (χ4v) is 3.88. The van der Waals surface area contributed by atoms with Crippen molar-refractivity contribution in [2.24, 2.45) is 0 Å². The summed E-state index contributed by atoms with van der Waals surface area (Å²) in [4.78, 5) is 14.7. The van der Waals surface area contributed by atoms with Gasteiger partial charge in [0.15, 0.2) is 0 Å². The van der Waals surface area contributed by atoms with Crippen LogP contribution in [0.3, 0.4) is 0 Å². The second-order valence-corrected chi connectivity index (χ2v) is 6.69. The minimum absolute atomic E-state index is 0.0616. The molecule has 0 saturated carbocycles. The van der Waals surface area contributed by atoms with Crippen LogP contribution >= 0.6 is 0 Å². The molecule has 3 heteroatoms. The highest BCUT2D eigenvalue weighted by molar-refractivity contribution is 5.94. The lowest BCUT2D eigenvalue weighted by Gasteiger charge is -2.24. The first-order valence-corrected chi connectivity index (χ1v) is 8.47. The van der Waals surface area contributed by atoms with Crippen molar-refractivity contribution in [1.82, 2.24) is 0 Å². The van der Waals surface area contributed by atoms with Crippen LogP contribution in [0, 0.1) is 0 Å². The number of para-hydroxylation sites is 1. The van der Waals surface area contributed by atoms with Crippen molar-refractivity contribution in [3.63, 3.8) is 0 Å². The topological polar surface area (TPSA) is 32.3 Å². The third-order valence-electron chi connectivity index (χ3n) is 5.04. The normalized spacial score (nSPS) is 18.7. The maximum atomic E-state index is 12.5. The van der Waals surface area contributed by atoms with Gasteiger partial charge in [-0.05, 0) is 67.5 Å². The summed E-state index contributed by atoms with van der Waals surface area (Å²) in [6.45, 7) is 2.60. The van der Waals surface area contributed by atoms with E-state index < -0.39 is 0 Å². The van der Waals surface area contributed by atoms with E-state index in [9.17, 15) is 4.79 Å². The highest BCUT2D eigenvalue weighted by Gasteiger charge is 2.27. The lowest BCUT2D eigenvalue weighted by atomic mass is 10.1. The van der Waals surface area contributed by atoms with Gasteiger partial charge in [0.05, 0.1) is 6.54 Å². The summed E-state index contributed by atoms with van der Waals surface area (Å²) in [6, 6.07) is 15.1. The number of fused-ring (bicyclic) bond motifs is 2. The first-order chi connectivity index (χ1) is 11.2. The van der Waals surface area contributed by atoms with Crippen molar-refractivity contribution < 1.29 is 4.79 Å². The number of benzene rings is 2. The van der Waals surface area contributed by atoms with E-state index in [4.69, 9.17) is 0 Å². The summed E-state index contributed by atoms with van der Waals surface area (Å²) in [5.74, 6) is 0.0616. The van der Waals surface area contributed by atoms with Gasteiger partial charge < -0.3 is 10.2 Å². The zero-order valence-electron chi connectivity index (χ0n) is 13.5. The second kappa shape index (κ2) is 5.73. The molecule has 0 unspecified atom stereocenters. The van der Waals surface area contributed by atoms with E-state index in [1.165, 1.54) is 35.2 Å². The van der Waals surface area contributed by atoms with Gasteiger partial charge in [-0.1, -0.05) is 24.3 Å². The number of amides is 1. The Hall–Kier alpha value is -2.29. The molecule has 0 radical (unpaired) electrons. The highest BCUT2D eigenvalue weighted by atomic mass is 16.2. The monoisotopic (exact) mass is 306 g/mol. The summed E-state index contributed by atoms with van der Waals surface area (Å²) in [7, 11) is 0. The third-order valence-corrected chi connectivity index (χ3v) is 5.04. The predicted molar refractivity (Wildman–Crippen MR) is 94.1 cm³/mol. The first kappa shape index (κ1) is 14.3. The quantitative estimate of drug-likeness (QED) is 0.940. The van der Waals surface area contributed by atoms with Gasteiger partial charge >= 0.3 is 0 Å². The van der Waals surface area contributed by atoms with Gasteiger partial charge in [-0.15, -0.1) is 0 Å². The highest BCUT2D eigenvalue weighted by Crippen LogP contribution is 2.31. The number of nitrogens with one attached hydrogen (secondary N) is 1. The molecule has 118 valence electrons. The molecule has 1 atom stereocenters. The standard InChI is InChI=1S/C20H22N2O/c1-14-11-17-5-2-3-8-19(17)22(14)13-20(23)21-18-10-9-15-6-4-7-16(15)12-18/h2-3,5,8-10,12,14H,4,6-7,11,13H2,1H3,(H,21,23)/t14-/m1/s1. The number of hydrogen-bond donors (Lipinski definition) is 1. The molecule has 0 aromatic heterocycles. The lowest BCUT2D eigenvalue weighted by Crippen LogP contribution is -2.37. The molecule has 0 spiro atoms. The summed E-state index contributed by atoms with van der Waals surface area (Å²) in [5.41, 5.74) is 6.29. The van der Waals surface area contributed by atoms with E-state index >= 15 is 0 Å². The second-order valence-electron chi connectivity index (χ2n) is 6.69. The smallest absolute Gasteiger partial charge is 0.243 e. The van der Waals surface area contributed by atoms with Crippen LogP contribution in [-0.2, 0) is 24.1 Å². The molecule has 2 aliphatic rings. The van der Waals surface area contributed by atoms with Crippen LogP contribution in [0.4, 0.5) is 11.4 Å². The SMILES string of the molecule is C[C@@H]1Cc2ccccc2N1CC(=O)Nc1ccc2c(c1)CCC2. The Balaban J connectivity index is 1.46. The molecule has 1 N–H and O–H groups in total. The molecule has 0 bridgehead atoms. The van der Waals surface area contributed by atoms with Crippen molar-refractivity contribution in [3.05, 3.63) is 59.2 Å². The predicted octanol–water partition coefficient (Wildman–Crippen LogP) is 3.57. The van der Waals surface area contributed by atoms with Crippen molar-refractivity contribution in [2.75, 3.05) is 16.8 Å². The zero-order valence-corrected chi connectivity index (χ0v) is 13.5. The number of aryl methyl sites for hydroxylation is 2. The van der Waals surface area contributed by atoms with Gasteiger partial charge in [0.2, 0.25) is 5.91 Å². The van der Waals surface area contributed by atoms with E-state index in [2.05, 4.69) is 47.5 Å². The maximum Gasteiger partial charge on any atom is 0.243 e. The van der Waals surface area contributed by atoms with Crippen LogP contribution in [-0.4, -0.2) is 18.5 Å². The van der Waals surface area contributed by atoms with Crippen molar-refractivity contribution in [3.8, 4) is 0 Å². The van der Waals surface area contributed by atoms with Crippen LogP contribution in [0.2, 0.25) is 0 Å². The van der Waals surface area contributed by atoms with E-state index in [0.717, 1.165) is 18.5 Å². The molecule has 1 amide bonds. The molecule has 2 aromatic rings. The molecule has 1 aliphatic heterocycles. The average molecular weight is 306 g/mol. The van der Waals surface area contributed by atoms with Crippen LogP contribution in [0.5, 0.6) is 0 Å². The molecule has 4 rings (SSSR count). The number of anilines is 2. The molecular formula is C20H22N2O. The minimum Gasteiger partial charge on any atom is -0.359 e. The van der Waals surface area contributed by atoms with Crippen molar-refractivity contribution in [2.45, 2.75) is 38.6 Å². The molecule has 23 heavy (non-hydrogen) atoms. The molecule has 0 saturated heterocycles. The summed E-state index contributed by atoms with van der Waals surface area (Å²) in [6.07, 6.45) is 4.55. The van der Waals surface area contributed by atoms with Gasteiger partial charge in [-0.2, -0.15) is 0 Å². The fourth-order valence-electron chi connectivity index (χ4n) is 3.88. The summed E-state index contributed by atoms with van der Waals surface area (Å²) >= 11 is 0. The number of carbonyl (C=O) groups is 1. The molecule has 2 aromatic carbocycles. The number of nitrogens with zero attached hydrogens (tertiary/aromatic N) is 1. The van der Waals surface area contributed by atoms with Crippen molar-refractivity contribution >= 4 is 17.3 Å². The Morgan fingerprint density at radius 2 is 1.96 bits per heavy atom. The Labute approximate surface area is 137 Å². The van der Waals surface area contributed by atoms with E-state index in [-0.39, 0.29) is 5.91 Å². The fraction of sp³-hybridized carbons (Fsp3) is 0.350. The Kier molecular flexibility index (Phi) is 3.56. The van der Waals surface area contributed by atoms with Crippen LogP contribution in [0.1, 0.15) is 30.0 Å². The van der Waals surface area contributed by atoms with Gasteiger partial charge in [0, 0.05) is 17.4 Å². The summed E-state index contributed by atoms with van der Waals surface area (Å²) < 4.78 is 0. The Morgan fingerprint density at radius 3 is 2.87 bits per heavy atom. The average Bonchev–Trinajstić information content (AvgIpc) is 3.12. The maximum absolute atomic E-state index is 12.5. The molecule has 0 fully saturated rings. The molecule has 3 nitrogen and oxygen atoms in total. The van der Waals surface area contributed by atoms with Gasteiger partial charge in [-0.3, -0.25) is 4.79 Å². The van der Waals surface area contributed by atoms with Gasteiger partial charge in [0.1, 0.15) is 0 Å². The van der Waals surface area contributed by atoms with Gasteiger partial charge in [0.25, 0.3) is 0 Å². The molecule has 1 aliphatic carbocycles. The zero-order chi connectivity index (χ0) is 15.8. The van der Waals surface area contributed by atoms with Crippen LogP contribution in [0.15, 0.2) is 42.5 Å². The number of rotatable bonds is 3. The largest absolute Gasteiger partial charge is 0.359 e. The Morgan fingerprint density at radius 1 is 1.13 bits per heavy atom. The molecular weight excluding hydrogens is 284 g/mol. The van der Waals surface area contributed by atoms with Crippen LogP contribution < -0.4 is 10.2 Å². The first-order valence-electron chi connectivity index (χ1n) is 8.47. The number of hydrogen-bond acceptors (Lipinski definition) is 2. The van der Waals surface area contributed by atoms with Crippen molar-refractivity contribution in [1.29, 1.82) is 0 Å². The lowest BCUT2D eigenvalue weighted by molar-refractivity contribution is -0.115. The number of carbonyl (C=O) groups excluding carboxylic acids is 1. The van der Waals surface area contributed by atoms with E-state index in [1.807, 2.05) is 12.1 Å². The minimum atomic E-state index is 0.0616. The third kappa shape index (κ3) is 2.72. The summed E-state index contributed by atoms with van der Waals surface area (Å²) in [5, 5.41) is 3.07.